The van der Waals surface area contributed by atoms with Gasteiger partial charge in [0.15, 0.2) is 0 Å². The largest absolute Gasteiger partial charge is 0.387 e. The first kappa shape index (κ1) is 13.2. The summed E-state index contributed by atoms with van der Waals surface area (Å²) in [5, 5.41) is 10.1. The van der Waals surface area contributed by atoms with Crippen LogP contribution in [0.2, 0.25) is 0 Å². The van der Waals surface area contributed by atoms with E-state index in [2.05, 4.69) is 32.7 Å². The zero-order valence-corrected chi connectivity index (χ0v) is 10.8. The van der Waals surface area contributed by atoms with Crippen LogP contribution in [0.4, 0.5) is 0 Å². The van der Waals surface area contributed by atoms with Gasteiger partial charge < -0.3 is 5.11 Å². The average Bonchev–Trinajstić information content (AvgIpc) is 2.25. The normalized spacial score (nSPS) is 13.8. The number of aliphatic hydroxyl groups excluding tert-OH is 1. The second-order valence-electron chi connectivity index (χ2n) is 5.52. The lowest BCUT2D eigenvalue weighted by atomic mass is 9.88. The SMILES string of the molecule is CCc1cccnc1C(O)CCC(C)(C)C. The fourth-order valence-corrected chi connectivity index (χ4v) is 1.76. The highest BCUT2D eigenvalue weighted by atomic mass is 16.3. The molecule has 1 atom stereocenters. The van der Waals surface area contributed by atoms with Gasteiger partial charge in [0, 0.05) is 6.20 Å². The third-order valence-corrected chi connectivity index (χ3v) is 2.79. The van der Waals surface area contributed by atoms with E-state index in [1.54, 1.807) is 6.20 Å². The second-order valence-corrected chi connectivity index (χ2v) is 5.52. The number of rotatable bonds is 4. The zero-order chi connectivity index (χ0) is 12.2. The highest BCUT2D eigenvalue weighted by Gasteiger charge is 2.17. The molecule has 0 aliphatic heterocycles. The molecular formula is C14H23NO. The maximum atomic E-state index is 10.1. The van der Waals surface area contributed by atoms with Gasteiger partial charge in [0.25, 0.3) is 0 Å². The van der Waals surface area contributed by atoms with E-state index in [4.69, 9.17) is 0 Å². The summed E-state index contributed by atoms with van der Waals surface area (Å²) in [6.07, 6.45) is 4.06. The molecular weight excluding hydrogens is 198 g/mol. The number of aryl methyl sites for hydroxylation is 1. The Hall–Kier alpha value is -0.890. The molecule has 1 heterocycles. The Bertz CT molecular complexity index is 328. The predicted octanol–water partition coefficient (Wildman–Crippen LogP) is 3.50. The summed E-state index contributed by atoms with van der Waals surface area (Å²) in [6.45, 7) is 8.67. The minimum atomic E-state index is -0.421. The number of hydrogen-bond donors (Lipinski definition) is 1. The lowest BCUT2D eigenvalue weighted by molar-refractivity contribution is 0.142. The Labute approximate surface area is 98.7 Å². The van der Waals surface area contributed by atoms with E-state index in [9.17, 15) is 5.11 Å². The van der Waals surface area contributed by atoms with E-state index in [0.29, 0.717) is 0 Å². The van der Waals surface area contributed by atoms with Gasteiger partial charge >= 0.3 is 0 Å². The molecule has 1 aromatic heterocycles. The molecule has 0 aromatic carbocycles. The summed E-state index contributed by atoms with van der Waals surface area (Å²) < 4.78 is 0. The smallest absolute Gasteiger partial charge is 0.0962 e. The van der Waals surface area contributed by atoms with Crippen molar-refractivity contribution in [2.24, 2.45) is 5.41 Å². The van der Waals surface area contributed by atoms with Crippen molar-refractivity contribution >= 4 is 0 Å². The van der Waals surface area contributed by atoms with Gasteiger partial charge in [0.1, 0.15) is 0 Å². The van der Waals surface area contributed by atoms with Crippen LogP contribution in [0.5, 0.6) is 0 Å². The van der Waals surface area contributed by atoms with Gasteiger partial charge in [-0.1, -0.05) is 33.8 Å². The van der Waals surface area contributed by atoms with Crippen molar-refractivity contribution in [1.82, 2.24) is 4.98 Å². The number of hydrogen-bond acceptors (Lipinski definition) is 2. The minimum absolute atomic E-state index is 0.266. The van der Waals surface area contributed by atoms with Crippen LogP contribution in [0.1, 0.15) is 57.9 Å². The summed E-state index contributed by atoms with van der Waals surface area (Å²) in [7, 11) is 0. The third-order valence-electron chi connectivity index (χ3n) is 2.79. The first-order valence-electron chi connectivity index (χ1n) is 6.06. The third kappa shape index (κ3) is 3.93. The second kappa shape index (κ2) is 5.44. The Morgan fingerprint density at radius 2 is 2.06 bits per heavy atom. The van der Waals surface area contributed by atoms with Crippen LogP contribution in [0.3, 0.4) is 0 Å². The minimum Gasteiger partial charge on any atom is -0.387 e. The average molecular weight is 221 g/mol. The molecule has 0 aliphatic carbocycles. The summed E-state index contributed by atoms with van der Waals surface area (Å²) in [5.41, 5.74) is 2.28. The lowest BCUT2D eigenvalue weighted by Gasteiger charge is -2.21. The fourth-order valence-electron chi connectivity index (χ4n) is 1.76. The molecule has 1 unspecified atom stereocenters. The Kier molecular flexibility index (Phi) is 4.48. The monoisotopic (exact) mass is 221 g/mol. The van der Waals surface area contributed by atoms with E-state index in [1.807, 2.05) is 12.1 Å². The highest BCUT2D eigenvalue weighted by Crippen LogP contribution is 2.27. The van der Waals surface area contributed by atoms with Crippen LogP contribution in [0.15, 0.2) is 18.3 Å². The van der Waals surface area contributed by atoms with Crippen LogP contribution in [-0.2, 0) is 6.42 Å². The van der Waals surface area contributed by atoms with Crippen molar-refractivity contribution in [1.29, 1.82) is 0 Å². The number of pyridine rings is 1. The molecule has 0 bridgehead atoms. The van der Waals surface area contributed by atoms with Crippen molar-refractivity contribution in [3.63, 3.8) is 0 Å². The molecule has 0 fully saturated rings. The van der Waals surface area contributed by atoms with Crippen molar-refractivity contribution in [3.05, 3.63) is 29.6 Å². The zero-order valence-electron chi connectivity index (χ0n) is 10.8. The fraction of sp³-hybridized carbons (Fsp3) is 0.643. The van der Waals surface area contributed by atoms with E-state index in [-0.39, 0.29) is 5.41 Å². The Morgan fingerprint density at radius 3 is 2.62 bits per heavy atom. The van der Waals surface area contributed by atoms with Crippen LogP contribution < -0.4 is 0 Å². The summed E-state index contributed by atoms with van der Waals surface area (Å²) >= 11 is 0. The Morgan fingerprint density at radius 1 is 1.38 bits per heavy atom. The van der Waals surface area contributed by atoms with Crippen molar-refractivity contribution in [2.45, 2.75) is 53.1 Å². The molecule has 1 rings (SSSR count). The van der Waals surface area contributed by atoms with Crippen molar-refractivity contribution < 1.29 is 5.11 Å². The van der Waals surface area contributed by atoms with Gasteiger partial charge in [-0.25, -0.2) is 0 Å². The molecule has 1 N–H and O–H groups in total. The molecule has 1 aromatic rings. The van der Waals surface area contributed by atoms with Crippen molar-refractivity contribution in [3.8, 4) is 0 Å². The Balaban J connectivity index is 2.69. The van der Waals surface area contributed by atoms with Crippen LogP contribution >= 0.6 is 0 Å². The lowest BCUT2D eigenvalue weighted by Crippen LogP contribution is -2.10. The van der Waals surface area contributed by atoms with Gasteiger partial charge in [-0.15, -0.1) is 0 Å². The molecule has 0 spiro atoms. The van der Waals surface area contributed by atoms with Crippen molar-refractivity contribution in [2.75, 3.05) is 0 Å². The first-order chi connectivity index (χ1) is 7.44. The van der Waals surface area contributed by atoms with E-state index >= 15 is 0 Å². The van der Waals surface area contributed by atoms with Gasteiger partial charge in [-0.3, -0.25) is 4.98 Å². The summed E-state index contributed by atoms with van der Waals surface area (Å²) in [6, 6.07) is 3.97. The molecule has 90 valence electrons. The molecule has 0 aliphatic rings. The van der Waals surface area contributed by atoms with E-state index in [1.165, 1.54) is 0 Å². The molecule has 16 heavy (non-hydrogen) atoms. The topological polar surface area (TPSA) is 33.1 Å². The summed E-state index contributed by atoms with van der Waals surface area (Å²) in [4.78, 5) is 4.30. The number of aliphatic hydroxyl groups is 1. The molecule has 0 saturated carbocycles. The van der Waals surface area contributed by atoms with Gasteiger partial charge in [-0.2, -0.15) is 0 Å². The van der Waals surface area contributed by atoms with Crippen LogP contribution in [-0.4, -0.2) is 10.1 Å². The van der Waals surface area contributed by atoms with E-state index in [0.717, 1.165) is 30.5 Å². The van der Waals surface area contributed by atoms with Crippen LogP contribution in [0, 0.1) is 5.41 Å². The maximum Gasteiger partial charge on any atom is 0.0962 e. The van der Waals surface area contributed by atoms with Gasteiger partial charge in [0.05, 0.1) is 11.8 Å². The first-order valence-corrected chi connectivity index (χ1v) is 6.06. The van der Waals surface area contributed by atoms with Crippen LogP contribution in [0.25, 0.3) is 0 Å². The molecule has 0 saturated heterocycles. The van der Waals surface area contributed by atoms with E-state index < -0.39 is 6.10 Å². The number of aromatic nitrogens is 1. The molecule has 0 radical (unpaired) electrons. The molecule has 2 heteroatoms. The highest BCUT2D eigenvalue weighted by molar-refractivity contribution is 5.21. The maximum absolute atomic E-state index is 10.1. The summed E-state index contributed by atoms with van der Waals surface area (Å²) in [5.74, 6) is 0. The molecule has 0 amide bonds. The predicted molar refractivity (Wildman–Crippen MR) is 67.3 cm³/mol. The standard InChI is InChI=1S/C14H23NO/c1-5-11-7-6-10-15-13(11)12(16)8-9-14(2,3)4/h6-7,10,12,16H,5,8-9H2,1-4H3. The van der Waals surface area contributed by atoms with Gasteiger partial charge in [0.2, 0.25) is 0 Å². The molecule has 2 nitrogen and oxygen atoms in total. The van der Waals surface area contributed by atoms with Gasteiger partial charge in [-0.05, 0) is 36.3 Å². The quantitative estimate of drug-likeness (QED) is 0.844. The number of nitrogens with zero attached hydrogens (tertiary/aromatic N) is 1.